The Labute approximate surface area is 160 Å². The van der Waals surface area contributed by atoms with E-state index >= 15 is 0 Å². The van der Waals surface area contributed by atoms with E-state index in [1.807, 2.05) is 43.7 Å². The topological polar surface area (TPSA) is 73.0 Å². The summed E-state index contributed by atoms with van der Waals surface area (Å²) in [4.78, 5) is 17.0. The second-order valence-corrected chi connectivity index (χ2v) is 6.66. The van der Waals surface area contributed by atoms with E-state index in [0.29, 0.717) is 11.4 Å². The minimum Gasteiger partial charge on any atom is -0.464 e. The van der Waals surface area contributed by atoms with E-state index in [2.05, 4.69) is 21.5 Å². The molecule has 0 spiro atoms. The fraction of sp³-hybridized carbons (Fsp3) is 0.0455. The van der Waals surface area contributed by atoms with Crippen LogP contribution in [0.2, 0.25) is 0 Å². The van der Waals surface area contributed by atoms with Crippen LogP contribution in [-0.2, 0) is 7.05 Å². The summed E-state index contributed by atoms with van der Waals surface area (Å²) in [6.45, 7) is 0. The molecule has 5 aromatic rings. The molecule has 0 saturated heterocycles. The van der Waals surface area contributed by atoms with E-state index in [-0.39, 0.29) is 5.91 Å². The maximum absolute atomic E-state index is 12.6. The minimum absolute atomic E-state index is 0.210. The summed E-state index contributed by atoms with van der Waals surface area (Å²) in [5.74, 6) is 0.298. The standard InChI is InChI=1S/C22H16N4O2/c1-26-13-19(12-24-26)14-2-3-17-11-23-21(10-18(17)8-14)25-22(27)16-4-5-20-15(9-16)6-7-28-20/h2-13H,1H3,(H,23,25,27). The monoisotopic (exact) mass is 368 g/mol. The molecule has 0 atom stereocenters. The number of nitrogens with one attached hydrogen (secondary N) is 1. The number of hydrogen-bond acceptors (Lipinski definition) is 4. The largest absolute Gasteiger partial charge is 0.464 e. The molecular weight excluding hydrogens is 352 g/mol. The third-order valence-electron chi connectivity index (χ3n) is 4.72. The van der Waals surface area contributed by atoms with E-state index in [9.17, 15) is 4.79 Å². The number of amides is 1. The summed E-state index contributed by atoms with van der Waals surface area (Å²) in [7, 11) is 1.89. The lowest BCUT2D eigenvalue weighted by Crippen LogP contribution is -2.12. The van der Waals surface area contributed by atoms with Gasteiger partial charge in [-0.25, -0.2) is 4.98 Å². The Morgan fingerprint density at radius 2 is 1.89 bits per heavy atom. The van der Waals surface area contributed by atoms with Gasteiger partial charge >= 0.3 is 0 Å². The van der Waals surface area contributed by atoms with Gasteiger partial charge < -0.3 is 9.73 Å². The molecule has 0 unspecified atom stereocenters. The van der Waals surface area contributed by atoms with Crippen molar-refractivity contribution in [3.8, 4) is 11.1 Å². The SMILES string of the molecule is Cn1cc(-c2ccc3cnc(NC(=O)c4ccc5occc5c4)cc3c2)cn1. The van der Waals surface area contributed by atoms with Crippen LogP contribution in [0.4, 0.5) is 5.82 Å². The van der Waals surface area contributed by atoms with Crippen molar-refractivity contribution in [3.05, 3.63) is 78.9 Å². The predicted molar refractivity (Wildman–Crippen MR) is 108 cm³/mol. The molecule has 1 amide bonds. The zero-order valence-electron chi connectivity index (χ0n) is 15.1. The molecule has 0 aliphatic carbocycles. The highest BCUT2D eigenvalue weighted by Gasteiger charge is 2.10. The number of pyridine rings is 1. The van der Waals surface area contributed by atoms with Crippen LogP contribution >= 0.6 is 0 Å². The van der Waals surface area contributed by atoms with Crippen LogP contribution in [-0.4, -0.2) is 20.7 Å². The fourth-order valence-corrected chi connectivity index (χ4v) is 3.26. The number of hydrogen-bond donors (Lipinski definition) is 1. The van der Waals surface area contributed by atoms with Crippen molar-refractivity contribution >= 4 is 33.5 Å². The Bertz CT molecular complexity index is 1330. The highest BCUT2D eigenvalue weighted by Crippen LogP contribution is 2.25. The maximum atomic E-state index is 12.6. The number of benzene rings is 2. The Hall–Kier alpha value is -3.93. The van der Waals surface area contributed by atoms with E-state index in [1.54, 1.807) is 35.3 Å². The van der Waals surface area contributed by atoms with E-state index < -0.39 is 0 Å². The van der Waals surface area contributed by atoms with Gasteiger partial charge in [0, 0.05) is 41.3 Å². The van der Waals surface area contributed by atoms with E-state index in [0.717, 1.165) is 32.9 Å². The number of aromatic nitrogens is 3. The predicted octanol–water partition coefficient (Wildman–Crippen LogP) is 4.63. The van der Waals surface area contributed by atoms with Gasteiger partial charge in [-0.15, -0.1) is 0 Å². The highest BCUT2D eigenvalue weighted by molar-refractivity contribution is 6.06. The molecule has 136 valence electrons. The molecule has 0 radical (unpaired) electrons. The Balaban J connectivity index is 1.45. The van der Waals surface area contributed by atoms with Crippen LogP contribution in [0.5, 0.6) is 0 Å². The van der Waals surface area contributed by atoms with Gasteiger partial charge in [0.25, 0.3) is 5.91 Å². The fourth-order valence-electron chi connectivity index (χ4n) is 3.26. The van der Waals surface area contributed by atoms with Crippen molar-refractivity contribution in [1.82, 2.24) is 14.8 Å². The quantitative estimate of drug-likeness (QED) is 0.504. The number of carbonyl (C=O) groups is 1. The summed E-state index contributed by atoms with van der Waals surface area (Å²) in [6.07, 6.45) is 7.17. The van der Waals surface area contributed by atoms with Gasteiger partial charge in [0.2, 0.25) is 0 Å². The first kappa shape index (κ1) is 16.3. The lowest BCUT2D eigenvalue weighted by atomic mass is 10.0. The molecular formula is C22H16N4O2. The molecule has 0 fully saturated rings. The van der Waals surface area contributed by atoms with Crippen molar-refractivity contribution in [2.75, 3.05) is 5.32 Å². The molecule has 6 nitrogen and oxygen atoms in total. The highest BCUT2D eigenvalue weighted by atomic mass is 16.3. The number of anilines is 1. The summed E-state index contributed by atoms with van der Waals surface area (Å²) >= 11 is 0. The third-order valence-corrected chi connectivity index (χ3v) is 4.72. The summed E-state index contributed by atoms with van der Waals surface area (Å²) in [5.41, 5.74) is 3.41. The number of furan rings is 1. The zero-order chi connectivity index (χ0) is 19.1. The van der Waals surface area contributed by atoms with E-state index in [1.165, 1.54) is 0 Å². The number of aryl methyl sites for hydroxylation is 1. The van der Waals surface area contributed by atoms with Crippen LogP contribution in [0.25, 0.3) is 32.9 Å². The maximum Gasteiger partial charge on any atom is 0.256 e. The lowest BCUT2D eigenvalue weighted by Gasteiger charge is -2.07. The molecule has 3 aromatic heterocycles. The molecule has 5 rings (SSSR count). The molecule has 1 N–H and O–H groups in total. The van der Waals surface area contributed by atoms with Crippen molar-refractivity contribution in [1.29, 1.82) is 0 Å². The Kier molecular flexibility index (Phi) is 3.69. The number of rotatable bonds is 3. The smallest absolute Gasteiger partial charge is 0.256 e. The lowest BCUT2D eigenvalue weighted by molar-refractivity contribution is 0.102. The zero-order valence-corrected chi connectivity index (χ0v) is 15.1. The summed E-state index contributed by atoms with van der Waals surface area (Å²) in [6, 6.07) is 15.2. The van der Waals surface area contributed by atoms with Crippen molar-refractivity contribution in [2.24, 2.45) is 7.05 Å². The van der Waals surface area contributed by atoms with Crippen LogP contribution < -0.4 is 5.32 Å². The number of carbonyl (C=O) groups excluding carboxylic acids is 1. The molecule has 3 heterocycles. The number of fused-ring (bicyclic) bond motifs is 2. The first-order valence-corrected chi connectivity index (χ1v) is 8.83. The molecule has 0 bridgehead atoms. The van der Waals surface area contributed by atoms with Crippen LogP contribution in [0, 0.1) is 0 Å². The van der Waals surface area contributed by atoms with Gasteiger partial charge in [0.15, 0.2) is 0 Å². The van der Waals surface area contributed by atoms with Crippen LogP contribution in [0.1, 0.15) is 10.4 Å². The van der Waals surface area contributed by atoms with Gasteiger partial charge in [0.05, 0.1) is 12.5 Å². The normalized spacial score (nSPS) is 11.2. The Morgan fingerprint density at radius 3 is 2.75 bits per heavy atom. The van der Waals surface area contributed by atoms with Crippen LogP contribution in [0.15, 0.2) is 77.8 Å². The molecule has 0 aliphatic heterocycles. The molecule has 0 saturated carbocycles. The van der Waals surface area contributed by atoms with Gasteiger partial charge in [-0.05, 0) is 47.3 Å². The van der Waals surface area contributed by atoms with Gasteiger partial charge in [-0.1, -0.05) is 12.1 Å². The molecule has 6 heteroatoms. The van der Waals surface area contributed by atoms with Gasteiger partial charge in [-0.2, -0.15) is 5.10 Å². The third kappa shape index (κ3) is 2.91. The molecule has 28 heavy (non-hydrogen) atoms. The molecule has 2 aromatic carbocycles. The first-order chi connectivity index (χ1) is 13.7. The summed E-state index contributed by atoms with van der Waals surface area (Å²) < 4.78 is 7.09. The van der Waals surface area contributed by atoms with Crippen molar-refractivity contribution in [3.63, 3.8) is 0 Å². The van der Waals surface area contributed by atoms with Crippen LogP contribution in [0.3, 0.4) is 0 Å². The van der Waals surface area contributed by atoms with Gasteiger partial charge in [-0.3, -0.25) is 9.48 Å². The van der Waals surface area contributed by atoms with Crippen molar-refractivity contribution in [2.45, 2.75) is 0 Å². The van der Waals surface area contributed by atoms with E-state index in [4.69, 9.17) is 4.42 Å². The van der Waals surface area contributed by atoms with Gasteiger partial charge in [0.1, 0.15) is 11.4 Å². The first-order valence-electron chi connectivity index (χ1n) is 8.83. The average Bonchev–Trinajstić information content (AvgIpc) is 3.35. The minimum atomic E-state index is -0.210. The second-order valence-electron chi connectivity index (χ2n) is 6.66. The second kappa shape index (κ2) is 6.35. The summed E-state index contributed by atoms with van der Waals surface area (Å²) in [5, 5.41) is 9.99. The Morgan fingerprint density at radius 1 is 0.964 bits per heavy atom. The van der Waals surface area contributed by atoms with Crippen molar-refractivity contribution < 1.29 is 9.21 Å². The number of nitrogens with zero attached hydrogens (tertiary/aromatic N) is 3. The average molecular weight is 368 g/mol. The molecule has 0 aliphatic rings.